The first-order valence-corrected chi connectivity index (χ1v) is 9.86. The summed E-state index contributed by atoms with van der Waals surface area (Å²) in [6, 6.07) is -0.670. The maximum atomic E-state index is 13.4. The van der Waals surface area contributed by atoms with Gasteiger partial charge in [-0.1, -0.05) is 0 Å². The SMILES string of the molecule is N[C@H](c1cn2ncc(CC3C[C@@H](C(F)(F)F)NC3=O)cc2n1)C1CCC(F)(F)CC1. The molecule has 1 aliphatic heterocycles. The number of imidazole rings is 1. The van der Waals surface area contributed by atoms with Gasteiger partial charge in [-0.15, -0.1) is 0 Å². The van der Waals surface area contributed by atoms with E-state index in [0.717, 1.165) is 0 Å². The quantitative estimate of drug-likeness (QED) is 0.729. The number of nitrogens with one attached hydrogen (secondary N) is 1. The molecule has 0 aromatic carbocycles. The molecule has 4 rings (SSSR count). The number of nitrogens with zero attached hydrogens (tertiary/aromatic N) is 3. The summed E-state index contributed by atoms with van der Waals surface area (Å²) in [7, 11) is 0. The van der Waals surface area contributed by atoms with Crippen LogP contribution in [-0.4, -0.2) is 38.6 Å². The fourth-order valence-corrected chi connectivity index (χ4v) is 4.29. The largest absolute Gasteiger partial charge is 0.408 e. The van der Waals surface area contributed by atoms with Gasteiger partial charge in [0.05, 0.1) is 24.1 Å². The molecule has 30 heavy (non-hydrogen) atoms. The molecule has 6 nitrogen and oxygen atoms in total. The first kappa shape index (κ1) is 21.0. The third-order valence-corrected chi connectivity index (χ3v) is 6.09. The van der Waals surface area contributed by atoms with E-state index in [4.69, 9.17) is 5.73 Å². The summed E-state index contributed by atoms with van der Waals surface area (Å²) in [5.74, 6) is -4.15. The standard InChI is InChI=1S/C19H22F5N5O/c20-18(21)3-1-11(2-4-18)16(25)13-9-29-15(27-13)6-10(8-26-29)5-12-7-14(19(22,23)24)28-17(12)30/h6,8-9,11-12,14,16H,1-5,7,25H2,(H,28,30)/t12?,14-,16-/m0/s1. The summed E-state index contributed by atoms with van der Waals surface area (Å²) in [6.45, 7) is 0. The van der Waals surface area contributed by atoms with Crippen LogP contribution >= 0.6 is 0 Å². The van der Waals surface area contributed by atoms with Crippen molar-refractivity contribution in [1.29, 1.82) is 0 Å². The van der Waals surface area contributed by atoms with Crippen molar-refractivity contribution in [1.82, 2.24) is 19.9 Å². The molecule has 1 saturated carbocycles. The summed E-state index contributed by atoms with van der Waals surface area (Å²) in [4.78, 5) is 16.3. The fourth-order valence-electron chi connectivity index (χ4n) is 4.29. The minimum Gasteiger partial charge on any atom is -0.344 e. The van der Waals surface area contributed by atoms with Gasteiger partial charge in [-0.2, -0.15) is 18.3 Å². The van der Waals surface area contributed by atoms with Crippen molar-refractivity contribution in [2.75, 3.05) is 0 Å². The molecule has 1 saturated heterocycles. The van der Waals surface area contributed by atoms with E-state index in [-0.39, 0.29) is 31.6 Å². The van der Waals surface area contributed by atoms with Crippen LogP contribution in [0.3, 0.4) is 0 Å². The monoisotopic (exact) mass is 431 g/mol. The Morgan fingerprint density at radius 3 is 2.63 bits per heavy atom. The van der Waals surface area contributed by atoms with Gasteiger partial charge in [-0.05, 0) is 43.2 Å². The highest BCUT2D eigenvalue weighted by molar-refractivity contribution is 5.81. The molecular weight excluding hydrogens is 409 g/mol. The van der Waals surface area contributed by atoms with Crippen LogP contribution in [0.4, 0.5) is 22.0 Å². The summed E-state index contributed by atoms with van der Waals surface area (Å²) in [5, 5.41) is 6.20. The highest BCUT2D eigenvalue weighted by Gasteiger charge is 2.47. The second-order valence-corrected chi connectivity index (χ2v) is 8.29. The van der Waals surface area contributed by atoms with E-state index >= 15 is 0 Å². The van der Waals surface area contributed by atoms with Crippen LogP contribution in [0.5, 0.6) is 0 Å². The smallest absolute Gasteiger partial charge is 0.344 e. The molecule has 3 heterocycles. The predicted molar refractivity (Wildman–Crippen MR) is 96.6 cm³/mol. The number of alkyl halides is 5. The van der Waals surface area contributed by atoms with Crippen molar-refractivity contribution in [3.05, 3.63) is 29.7 Å². The Morgan fingerprint density at radius 2 is 2.00 bits per heavy atom. The molecule has 3 atom stereocenters. The summed E-state index contributed by atoms with van der Waals surface area (Å²) < 4.78 is 66.8. The van der Waals surface area contributed by atoms with Crippen molar-refractivity contribution in [3.8, 4) is 0 Å². The number of hydrogen-bond acceptors (Lipinski definition) is 4. The van der Waals surface area contributed by atoms with Crippen LogP contribution in [0.1, 0.15) is 49.4 Å². The number of carbonyl (C=O) groups excluding carboxylic acids is 1. The Morgan fingerprint density at radius 1 is 1.30 bits per heavy atom. The van der Waals surface area contributed by atoms with Gasteiger partial charge in [-0.25, -0.2) is 18.3 Å². The van der Waals surface area contributed by atoms with E-state index in [2.05, 4.69) is 10.1 Å². The van der Waals surface area contributed by atoms with Crippen molar-refractivity contribution < 1.29 is 26.7 Å². The molecule has 0 spiro atoms. The molecule has 1 amide bonds. The lowest BCUT2D eigenvalue weighted by molar-refractivity contribution is -0.154. The Hall–Kier alpha value is -2.30. The highest BCUT2D eigenvalue weighted by atomic mass is 19.4. The zero-order valence-electron chi connectivity index (χ0n) is 16.0. The third-order valence-electron chi connectivity index (χ3n) is 6.09. The van der Waals surface area contributed by atoms with Crippen molar-refractivity contribution >= 4 is 11.6 Å². The van der Waals surface area contributed by atoms with E-state index < -0.39 is 36.0 Å². The van der Waals surface area contributed by atoms with Crippen molar-refractivity contribution in [2.24, 2.45) is 17.6 Å². The van der Waals surface area contributed by atoms with Crippen LogP contribution in [0.25, 0.3) is 5.65 Å². The van der Waals surface area contributed by atoms with E-state index in [1.165, 1.54) is 10.7 Å². The summed E-state index contributed by atoms with van der Waals surface area (Å²) in [6.07, 6.45) is -1.29. The molecule has 11 heteroatoms. The molecular formula is C19H22F5N5O. The lowest BCUT2D eigenvalue weighted by atomic mass is 9.81. The Kier molecular flexibility index (Phi) is 5.19. The molecule has 2 aromatic rings. The predicted octanol–water partition coefficient (Wildman–Crippen LogP) is 3.16. The first-order chi connectivity index (χ1) is 14.0. The van der Waals surface area contributed by atoms with Crippen LogP contribution in [0, 0.1) is 11.8 Å². The molecule has 1 unspecified atom stereocenters. The third kappa shape index (κ3) is 4.26. The number of nitrogens with two attached hydrogens (primary N) is 1. The number of rotatable bonds is 4. The van der Waals surface area contributed by atoms with Crippen LogP contribution < -0.4 is 11.1 Å². The van der Waals surface area contributed by atoms with E-state index in [1.54, 1.807) is 12.3 Å². The van der Waals surface area contributed by atoms with Gasteiger partial charge in [0.1, 0.15) is 6.04 Å². The highest BCUT2D eigenvalue weighted by Crippen LogP contribution is 2.40. The van der Waals surface area contributed by atoms with Gasteiger partial charge in [0.25, 0.3) is 0 Å². The summed E-state index contributed by atoms with van der Waals surface area (Å²) >= 11 is 0. The second-order valence-electron chi connectivity index (χ2n) is 8.29. The minimum atomic E-state index is -4.47. The molecule has 164 valence electrons. The topological polar surface area (TPSA) is 85.3 Å². The zero-order chi connectivity index (χ0) is 21.7. The van der Waals surface area contributed by atoms with Gasteiger partial charge in [0.2, 0.25) is 11.8 Å². The lowest BCUT2D eigenvalue weighted by Crippen LogP contribution is -2.38. The van der Waals surface area contributed by atoms with E-state index in [0.29, 0.717) is 29.7 Å². The molecule has 0 radical (unpaired) electrons. The van der Waals surface area contributed by atoms with E-state index in [9.17, 15) is 26.7 Å². The van der Waals surface area contributed by atoms with Crippen LogP contribution in [0.15, 0.2) is 18.5 Å². The number of amides is 1. The minimum absolute atomic E-state index is 0.101. The Labute approximate surface area is 169 Å². The molecule has 2 aromatic heterocycles. The lowest BCUT2D eigenvalue weighted by Gasteiger charge is -2.31. The second kappa shape index (κ2) is 7.44. The number of fused-ring (bicyclic) bond motifs is 1. The average molecular weight is 431 g/mol. The first-order valence-electron chi connectivity index (χ1n) is 9.86. The number of halogens is 5. The van der Waals surface area contributed by atoms with Crippen molar-refractivity contribution in [2.45, 2.75) is 62.7 Å². The van der Waals surface area contributed by atoms with Crippen molar-refractivity contribution in [3.63, 3.8) is 0 Å². The van der Waals surface area contributed by atoms with Gasteiger partial charge >= 0.3 is 6.18 Å². The Balaban J connectivity index is 1.46. The number of aromatic nitrogens is 3. The van der Waals surface area contributed by atoms with Crippen LogP contribution in [-0.2, 0) is 11.2 Å². The van der Waals surface area contributed by atoms with Crippen LogP contribution in [0.2, 0.25) is 0 Å². The molecule has 2 aliphatic rings. The molecule has 2 fully saturated rings. The average Bonchev–Trinajstić information content (AvgIpc) is 3.24. The fraction of sp³-hybridized carbons (Fsp3) is 0.632. The number of carbonyl (C=O) groups is 1. The van der Waals surface area contributed by atoms with Gasteiger partial charge in [0.15, 0.2) is 5.65 Å². The molecule has 1 aliphatic carbocycles. The molecule has 3 N–H and O–H groups in total. The van der Waals surface area contributed by atoms with Gasteiger partial charge in [0, 0.05) is 18.8 Å². The molecule has 0 bridgehead atoms. The van der Waals surface area contributed by atoms with Gasteiger partial charge < -0.3 is 11.1 Å². The summed E-state index contributed by atoms with van der Waals surface area (Å²) in [5.41, 5.74) is 7.83. The normalized spacial score (nSPS) is 26.1. The maximum Gasteiger partial charge on any atom is 0.408 e. The zero-order valence-corrected chi connectivity index (χ0v) is 16.0. The number of hydrogen-bond donors (Lipinski definition) is 2. The Bertz CT molecular complexity index is 933. The maximum absolute atomic E-state index is 13.4. The van der Waals surface area contributed by atoms with E-state index in [1.807, 2.05) is 5.32 Å². The van der Waals surface area contributed by atoms with Gasteiger partial charge in [-0.3, -0.25) is 4.79 Å².